The number of nitro benzene ring substituents is 1. The zero-order valence-electron chi connectivity index (χ0n) is 14.1. The maximum Gasteiger partial charge on any atom is 0.269 e. The van der Waals surface area contributed by atoms with E-state index in [0.29, 0.717) is 18.7 Å². The molecular weight excluding hydrogens is 340 g/mol. The fraction of sp³-hybridized carbons (Fsp3) is 0.294. The van der Waals surface area contributed by atoms with Crippen molar-refractivity contribution in [2.75, 3.05) is 18.4 Å². The van der Waals surface area contributed by atoms with Gasteiger partial charge in [0.1, 0.15) is 5.76 Å². The Labute approximate surface area is 149 Å². The number of rotatable bonds is 10. The summed E-state index contributed by atoms with van der Waals surface area (Å²) >= 11 is 0. The van der Waals surface area contributed by atoms with E-state index in [1.165, 1.54) is 18.4 Å². The first kappa shape index (κ1) is 19.0. The Kier molecular flexibility index (Phi) is 7.17. The minimum absolute atomic E-state index is 0.0280. The van der Waals surface area contributed by atoms with Gasteiger partial charge in [-0.1, -0.05) is 0 Å². The number of nitrogens with zero attached hydrogens (tertiary/aromatic N) is 1. The quantitative estimate of drug-likeness (QED) is 0.337. The van der Waals surface area contributed by atoms with Gasteiger partial charge in [-0.3, -0.25) is 19.7 Å². The summed E-state index contributed by atoms with van der Waals surface area (Å²) in [5, 5.41) is 18.8. The number of amides is 2. The third-order valence-electron chi connectivity index (χ3n) is 3.47. The van der Waals surface area contributed by atoms with Crippen LogP contribution < -0.4 is 16.0 Å². The van der Waals surface area contributed by atoms with Gasteiger partial charge < -0.3 is 20.4 Å². The highest BCUT2D eigenvalue weighted by Crippen LogP contribution is 2.15. The largest absolute Gasteiger partial charge is 0.467 e. The molecule has 26 heavy (non-hydrogen) atoms. The summed E-state index contributed by atoms with van der Waals surface area (Å²) in [6.45, 7) is 0.728. The second-order valence-electron chi connectivity index (χ2n) is 5.47. The van der Waals surface area contributed by atoms with Gasteiger partial charge in [0, 0.05) is 30.8 Å². The van der Waals surface area contributed by atoms with E-state index in [2.05, 4.69) is 16.0 Å². The van der Waals surface area contributed by atoms with E-state index in [0.717, 1.165) is 5.69 Å². The molecule has 3 N–H and O–H groups in total. The molecule has 1 aromatic carbocycles. The number of furan rings is 1. The Morgan fingerprint density at radius 1 is 1.08 bits per heavy atom. The molecule has 0 saturated carbocycles. The first-order chi connectivity index (χ1) is 12.5. The molecule has 1 aromatic heterocycles. The van der Waals surface area contributed by atoms with E-state index in [1.54, 1.807) is 24.3 Å². The van der Waals surface area contributed by atoms with Crippen LogP contribution in [0, 0.1) is 10.1 Å². The lowest BCUT2D eigenvalue weighted by atomic mass is 10.2. The van der Waals surface area contributed by atoms with Gasteiger partial charge >= 0.3 is 0 Å². The molecule has 0 atom stereocenters. The van der Waals surface area contributed by atoms with Crippen LogP contribution in [-0.4, -0.2) is 29.8 Å². The fourth-order valence-corrected chi connectivity index (χ4v) is 2.11. The molecule has 1 heterocycles. The van der Waals surface area contributed by atoms with Crippen LogP contribution >= 0.6 is 0 Å². The molecule has 0 radical (unpaired) electrons. The number of benzene rings is 1. The van der Waals surface area contributed by atoms with Crippen molar-refractivity contribution in [1.82, 2.24) is 10.6 Å². The average Bonchev–Trinajstić information content (AvgIpc) is 3.16. The van der Waals surface area contributed by atoms with Gasteiger partial charge in [-0.25, -0.2) is 0 Å². The van der Waals surface area contributed by atoms with Crippen LogP contribution in [0.15, 0.2) is 47.1 Å². The Bertz CT molecular complexity index is 728. The number of carbonyl (C=O) groups excluding carboxylic acids is 2. The monoisotopic (exact) mass is 360 g/mol. The van der Waals surface area contributed by atoms with Crippen molar-refractivity contribution in [2.45, 2.75) is 19.4 Å². The van der Waals surface area contributed by atoms with E-state index >= 15 is 0 Å². The van der Waals surface area contributed by atoms with E-state index in [-0.39, 0.29) is 37.0 Å². The molecule has 0 aliphatic carbocycles. The molecule has 9 heteroatoms. The van der Waals surface area contributed by atoms with Crippen LogP contribution in [-0.2, 0) is 16.1 Å². The molecule has 0 spiro atoms. The molecule has 2 aromatic rings. The van der Waals surface area contributed by atoms with E-state index in [1.807, 2.05) is 0 Å². The smallest absolute Gasteiger partial charge is 0.269 e. The minimum Gasteiger partial charge on any atom is -0.467 e. The van der Waals surface area contributed by atoms with Crippen LogP contribution in [0.3, 0.4) is 0 Å². The number of carbonyl (C=O) groups is 2. The van der Waals surface area contributed by atoms with Crippen molar-refractivity contribution < 1.29 is 18.9 Å². The molecule has 0 aliphatic rings. The first-order valence-electron chi connectivity index (χ1n) is 8.08. The lowest BCUT2D eigenvalue weighted by Gasteiger charge is -2.07. The van der Waals surface area contributed by atoms with Crippen LogP contribution in [0.4, 0.5) is 11.4 Å². The molecule has 0 bridgehead atoms. The van der Waals surface area contributed by atoms with Crippen molar-refractivity contribution in [3.05, 3.63) is 58.5 Å². The molecule has 0 aliphatic heterocycles. The number of nitrogens with one attached hydrogen (secondary N) is 3. The van der Waals surface area contributed by atoms with E-state index in [4.69, 9.17) is 4.42 Å². The summed E-state index contributed by atoms with van der Waals surface area (Å²) in [5.74, 6) is 0.129. The number of nitro groups is 1. The van der Waals surface area contributed by atoms with Gasteiger partial charge in [0.15, 0.2) is 0 Å². The van der Waals surface area contributed by atoms with E-state index in [9.17, 15) is 19.7 Å². The maximum absolute atomic E-state index is 11.7. The van der Waals surface area contributed by atoms with Gasteiger partial charge in [-0.15, -0.1) is 0 Å². The number of hydrogen-bond acceptors (Lipinski definition) is 6. The molecule has 138 valence electrons. The number of anilines is 1. The normalized spacial score (nSPS) is 10.2. The van der Waals surface area contributed by atoms with Crippen LogP contribution in [0.1, 0.15) is 18.6 Å². The Morgan fingerprint density at radius 2 is 1.85 bits per heavy atom. The molecule has 0 saturated heterocycles. The summed E-state index contributed by atoms with van der Waals surface area (Å²) in [7, 11) is 0. The van der Waals surface area contributed by atoms with Crippen LogP contribution in [0.2, 0.25) is 0 Å². The standard InChI is InChI=1S/C17H20N4O5/c22-16(20-12-17(23)19-11-15-3-2-10-26-15)4-1-9-18-13-5-7-14(8-6-13)21(24)25/h2-3,5-8,10,18H,1,4,9,11-12H2,(H,19,23)(H,20,22). The molecule has 0 fully saturated rings. The highest BCUT2D eigenvalue weighted by atomic mass is 16.6. The Morgan fingerprint density at radius 3 is 2.50 bits per heavy atom. The molecule has 9 nitrogen and oxygen atoms in total. The SMILES string of the molecule is O=C(CCCNc1ccc([N+](=O)[O-])cc1)NCC(=O)NCc1ccco1. The van der Waals surface area contributed by atoms with Gasteiger partial charge in [0.2, 0.25) is 11.8 Å². The molecule has 2 rings (SSSR count). The third kappa shape index (κ3) is 6.63. The zero-order chi connectivity index (χ0) is 18.8. The third-order valence-corrected chi connectivity index (χ3v) is 3.47. The summed E-state index contributed by atoms with van der Waals surface area (Å²) < 4.78 is 5.09. The Hall–Kier alpha value is -3.36. The van der Waals surface area contributed by atoms with Crippen molar-refractivity contribution >= 4 is 23.2 Å². The summed E-state index contributed by atoms with van der Waals surface area (Å²) in [4.78, 5) is 33.4. The molecular formula is C17H20N4O5. The van der Waals surface area contributed by atoms with Gasteiger partial charge in [0.25, 0.3) is 5.69 Å². The number of non-ortho nitro benzene ring substituents is 1. The predicted octanol–water partition coefficient (Wildman–Crippen LogP) is 1.81. The first-order valence-corrected chi connectivity index (χ1v) is 8.08. The fourth-order valence-electron chi connectivity index (χ4n) is 2.11. The lowest BCUT2D eigenvalue weighted by molar-refractivity contribution is -0.384. The number of hydrogen-bond donors (Lipinski definition) is 3. The topological polar surface area (TPSA) is 127 Å². The Balaban J connectivity index is 1.55. The second kappa shape index (κ2) is 9.82. The average molecular weight is 360 g/mol. The van der Waals surface area contributed by atoms with Crippen LogP contribution in [0.5, 0.6) is 0 Å². The minimum atomic E-state index is -0.459. The zero-order valence-corrected chi connectivity index (χ0v) is 14.1. The highest BCUT2D eigenvalue weighted by molar-refractivity contribution is 5.84. The summed E-state index contributed by atoms with van der Waals surface area (Å²) in [6.07, 6.45) is 2.36. The van der Waals surface area contributed by atoms with Crippen LogP contribution in [0.25, 0.3) is 0 Å². The van der Waals surface area contributed by atoms with Crippen molar-refractivity contribution in [3.8, 4) is 0 Å². The van der Waals surface area contributed by atoms with Crippen molar-refractivity contribution in [2.24, 2.45) is 0 Å². The second-order valence-corrected chi connectivity index (χ2v) is 5.47. The highest BCUT2D eigenvalue weighted by Gasteiger charge is 2.07. The maximum atomic E-state index is 11.7. The predicted molar refractivity (Wildman–Crippen MR) is 94.4 cm³/mol. The summed E-state index contributed by atoms with van der Waals surface area (Å²) in [5.41, 5.74) is 0.772. The van der Waals surface area contributed by atoms with Gasteiger partial charge in [-0.2, -0.15) is 0 Å². The summed E-state index contributed by atoms with van der Waals surface area (Å²) in [6, 6.07) is 9.53. The van der Waals surface area contributed by atoms with Crippen molar-refractivity contribution in [1.29, 1.82) is 0 Å². The van der Waals surface area contributed by atoms with Crippen molar-refractivity contribution in [3.63, 3.8) is 0 Å². The lowest BCUT2D eigenvalue weighted by Crippen LogP contribution is -2.36. The van der Waals surface area contributed by atoms with Gasteiger partial charge in [-0.05, 0) is 30.7 Å². The van der Waals surface area contributed by atoms with Gasteiger partial charge in [0.05, 0.1) is 24.3 Å². The van der Waals surface area contributed by atoms with E-state index < -0.39 is 4.92 Å². The molecule has 2 amide bonds. The molecule has 0 unspecified atom stereocenters.